The molecule has 0 aliphatic rings. The molecule has 0 unspecified atom stereocenters. The van der Waals surface area contributed by atoms with Crippen molar-refractivity contribution in [3.05, 3.63) is 20.2 Å². The summed E-state index contributed by atoms with van der Waals surface area (Å²) in [4.78, 5) is 19.5. The number of nitrogens with zero attached hydrogens (tertiary/aromatic N) is 3. The molecular weight excluding hydrogens is 158 g/mol. The van der Waals surface area contributed by atoms with E-state index in [9.17, 15) is 20.2 Å². The maximum atomic E-state index is 9.85. The van der Waals surface area contributed by atoms with Gasteiger partial charge in [-0.3, -0.25) is 5.41 Å². The molecule has 62 valence electrons. The fraction of sp³-hybridized carbons (Fsp3) is 0.500. The van der Waals surface area contributed by atoms with Crippen LogP contribution < -0.4 is 5.43 Å². The predicted molar refractivity (Wildman–Crippen MR) is 32.6 cm³/mol. The number of rotatable bonds is 2. The molecule has 0 saturated carbocycles. The van der Waals surface area contributed by atoms with Gasteiger partial charge in [-0.1, -0.05) is 10.4 Å². The molecule has 0 aliphatic carbocycles. The van der Waals surface area contributed by atoms with Crippen LogP contribution in [0.5, 0.6) is 0 Å². The van der Waals surface area contributed by atoms with Crippen LogP contribution in [0.4, 0.5) is 0 Å². The van der Waals surface area contributed by atoms with Crippen LogP contribution in [-0.2, 0) is 0 Å². The maximum absolute atomic E-state index is 9.85. The molecule has 0 atom stereocenters. The van der Waals surface area contributed by atoms with E-state index in [4.69, 9.17) is 5.41 Å². The van der Waals surface area contributed by atoms with Crippen molar-refractivity contribution in [3.8, 4) is 0 Å². The minimum absolute atomic E-state index is 0.183. The van der Waals surface area contributed by atoms with E-state index in [0.29, 0.717) is 0 Å². The molecular formula is C2H5N5O4. The normalized spacial score (nSPS) is 8.45. The van der Waals surface area contributed by atoms with Crippen LogP contribution in [0.2, 0.25) is 0 Å². The number of nitro groups is 2. The number of hydrogen-bond acceptors (Lipinski definition) is 5. The Hall–Kier alpha value is -1.93. The summed E-state index contributed by atoms with van der Waals surface area (Å²) in [5.74, 6) is -0.903. The van der Waals surface area contributed by atoms with Gasteiger partial charge in [-0.2, -0.15) is 0 Å². The van der Waals surface area contributed by atoms with Crippen LogP contribution in [0.1, 0.15) is 0 Å². The van der Waals surface area contributed by atoms with Gasteiger partial charge in [0.15, 0.2) is 10.1 Å². The number of nitrogens with one attached hydrogen (secondary N) is 2. The summed E-state index contributed by atoms with van der Waals surface area (Å²) in [6, 6.07) is 0. The molecule has 0 aliphatic heterocycles. The third-order valence-corrected chi connectivity index (χ3v) is 0.766. The Balaban J connectivity index is 4.04. The lowest BCUT2D eigenvalue weighted by Gasteiger charge is -2.04. The lowest BCUT2D eigenvalue weighted by Crippen LogP contribution is -2.43. The van der Waals surface area contributed by atoms with E-state index in [0.717, 1.165) is 7.05 Å². The molecule has 0 amide bonds. The fourth-order valence-corrected chi connectivity index (χ4v) is 0.240. The summed E-state index contributed by atoms with van der Waals surface area (Å²) in [6.07, 6.45) is 0. The monoisotopic (exact) mass is 163 g/mol. The number of hydrogen-bond donors (Lipinski definition) is 2. The molecule has 11 heavy (non-hydrogen) atoms. The zero-order valence-electron chi connectivity index (χ0n) is 5.47. The highest BCUT2D eigenvalue weighted by atomic mass is 16.7. The summed E-state index contributed by atoms with van der Waals surface area (Å²) >= 11 is 0. The Bertz CT molecular complexity index is 201. The van der Waals surface area contributed by atoms with Gasteiger partial charge in [0.1, 0.15) is 0 Å². The Morgan fingerprint density at radius 1 is 1.55 bits per heavy atom. The molecule has 0 rings (SSSR count). The molecule has 0 aromatic heterocycles. The van der Waals surface area contributed by atoms with Gasteiger partial charge in [-0.05, 0) is 0 Å². The second-order valence-electron chi connectivity index (χ2n) is 1.48. The van der Waals surface area contributed by atoms with Gasteiger partial charge in [0, 0.05) is 0 Å². The lowest BCUT2D eigenvalue weighted by molar-refractivity contribution is -0.630. The average molecular weight is 163 g/mol. The van der Waals surface area contributed by atoms with Gasteiger partial charge in [0.05, 0.1) is 7.05 Å². The van der Waals surface area contributed by atoms with Gasteiger partial charge in [0.2, 0.25) is 0 Å². The smallest absolute Gasteiger partial charge is 0.260 e. The third kappa shape index (κ3) is 2.93. The van der Waals surface area contributed by atoms with Crippen LogP contribution >= 0.6 is 0 Å². The summed E-state index contributed by atoms with van der Waals surface area (Å²) in [5, 5.41) is 24.3. The molecule has 0 heterocycles. The third-order valence-electron chi connectivity index (χ3n) is 0.766. The van der Waals surface area contributed by atoms with E-state index in [1.165, 1.54) is 5.43 Å². The van der Waals surface area contributed by atoms with E-state index in [-0.39, 0.29) is 5.01 Å². The fourth-order valence-electron chi connectivity index (χ4n) is 0.240. The van der Waals surface area contributed by atoms with E-state index < -0.39 is 16.0 Å². The molecule has 9 heteroatoms. The van der Waals surface area contributed by atoms with Crippen molar-refractivity contribution in [1.82, 2.24) is 10.4 Å². The van der Waals surface area contributed by atoms with Crippen molar-refractivity contribution in [2.75, 3.05) is 7.05 Å². The van der Waals surface area contributed by atoms with Crippen LogP contribution in [0.25, 0.3) is 0 Å². The van der Waals surface area contributed by atoms with Crippen molar-refractivity contribution in [2.24, 2.45) is 0 Å². The van der Waals surface area contributed by atoms with Crippen LogP contribution in [0.15, 0.2) is 0 Å². The number of hydrazine groups is 2. The minimum Gasteiger partial charge on any atom is -0.260 e. The summed E-state index contributed by atoms with van der Waals surface area (Å²) in [7, 11) is 0.916. The van der Waals surface area contributed by atoms with Crippen molar-refractivity contribution < 1.29 is 10.1 Å². The highest BCUT2D eigenvalue weighted by molar-refractivity contribution is 5.73. The molecule has 0 radical (unpaired) electrons. The molecule has 0 saturated heterocycles. The standard InChI is InChI=1S/C2H5N5O4/c1-5(7(10)11)2(3)4-6(8)9/h1H3,(H2,3,4). The largest absolute Gasteiger partial charge is 0.314 e. The SMILES string of the molecule is CN(C(=N)N[N+](=O)[O-])[N+](=O)[O-]. The Kier molecular flexibility index (Phi) is 2.71. The first-order chi connectivity index (χ1) is 4.95. The second-order valence-corrected chi connectivity index (χ2v) is 1.48. The molecule has 0 aromatic carbocycles. The molecule has 9 nitrogen and oxygen atoms in total. The van der Waals surface area contributed by atoms with E-state index in [1.807, 2.05) is 0 Å². The Morgan fingerprint density at radius 2 is 2.00 bits per heavy atom. The van der Waals surface area contributed by atoms with E-state index in [2.05, 4.69) is 0 Å². The van der Waals surface area contributed by atoms with Gasteiger partial charge in [0.25, 0.3) is 0 Å². The summed E-state index contributed by atoms with van der Waals surface area (Å²) in [5.41, 5.74) is 1.31. The van der Waals surface area contributed by atoms with Gasteiger partial charge < -0.3 is 0 Å². The lowest BCUT2D eigenvalue weighted by atomic mass is 10.9. The number of guanidine groups is 1. The molecule has 0 spiro atoms. The van der Waals surface area contributed by atoms with Crippen molar-refractivity contribution >= 4 is 5.96 Å². The topological polar surface area (TPSA) is 125 Å². The molecule has 0 fully saturated rings. The van der Waals surface area contributed by atoms with Gasteiger partial charge >= 0.3 is 5.96 Å². The highest BCUT2D eigenvalue weighted by Crippen LogP contribution is 1.80. The first kappa shape index (κ1) is 9.07. The van der Waals surface area contributed by atoms with E-state index in [1.54, 1.807) is 0 Å². The minimum atomic E-state index is -1.05. The predicted octanol–water partition coefficient (Wildman–Crippen LogP) is -1.17. The quantitative estimate of drug-likeness (QED) is 0.228. The zero-order valence-corrected chi connectivity index (χ0v) is 5.47. The van der Waals surface area contributed by atoms with E-state index >= 15 is 0 Å². The Labute approximate surface area is 60.3 Å². The first-order valence-corrected chi connectivity index (χ1v) is 2.32. The average Bonchev–Trinajstić information content (AvgIpc) is 1.84. The second kappa shape index (κ2) is 3.29. The highest BCUT2D eigenvalue weighted by Gasteiger charge is 2.17. The summed E-state index contributed by atoms with van der Waals surface area (Å²) in [6.45, 7) is 0. The molecule has 2 N–H and O–H groups in total. The van der Waals surface area contributed by atoms with Crippen molar-refractivity contribution in [2.45, 2.75) is 0 Å². The first-order valence-electron chi connectivity index (χ1n) is 2.32. The van der Waals surface area contributed by atoms with Crippen molar-refractivity contribution in [3.63, 3.8) is 0 Å². The molecule has 0 bridgehead atoms. The maximum Gasteiger partial charge on any atom is 0.314 e. The Morgan fingerprint density at radius 3 is 2.27 bits per heavy atom. The summed E-state index contributed by atoms with van der Waals surface area (Å²) < 4.78 is 0. The molecule has 0 aromatic rings. The zero-order chi connectivity index (χ0) is 9.02. The van der Waals surface area contributed by atoms with Crippen molar-refractivity contribution in [1.29, 1.82) is 5.41 Å². The van der Waals surface area contributed by atoms with Gasteiger partial charge in [-0.15, -0.1) is 0 Å². The van der Waals surface area contributed by atoms with Crippen LogP contribution in [-0.4, -0.2) is 28.1 Å². The van der Waals surface area contributed by atoms with Gasteiger partial charge in [-0.25, -0.2) is 20.2 Å². The van der Waals surface area contributed by atoms with Crippen LogP contribution in [0, 0.1) is 25.6 Å². The van der Waals surface area contributed by atoms with Crippen LogP contribution in [0.3, 0.4) is 0 Å².